The summed E-state index contributed by atoms with van der Waals surface area (Å²) < 4.78 is 26.0. The van der Waals surface area contributed by atoms with Gasteiger partial charge in [-0.1, -0.05) is 29.8 Å². The van der Waals surface area contributed by atoms with Crippen molar-refractivity contribution in [2.45, 2.75) is 11.8 Å². The minimum atomic E-state index is -3.75. The first-order valence-corrected chi connectivity index (χ1v) is 7.20. The van der Waals surface area contributed by atoms with Crippen molar-refractivity contribution in [3.05, 3.63) is 54.1 Å². The first kappa shape index (κ1) is 13.4. The number of nitrogens with zero attached hydrogens (tertiary/aromatic N) is 1. The molecular weight excluding hydrogens is 262 g/mol. The highest BCUT2D eigenvalue weighted by molar-refractivity contribution is 7.92. The van der Waals surface area contributed by atoms with Gasteiger partial charge in [0.05, 0.1) is 5.69 Å². The van der Waals surface area contributed by atoms with Crippen LogP contribution in [0.4, 0.5) is 5.69 Å². The van der Waals surface area contributed by atoms with Gasteiger partial charge in [-0.15, -0.1) is 0 Å². The summed E-state index contributed by atoms with van der Waals surface area (Å²) in [5.74, 6) is -0.249. The number of aryl methyl sites for hydroxylation is 1. The average molecular weight is 277 g/mol. The van der Waals surface area contributed by atoms with E-state index in [1.807, 2.05) is 19.1 Å². The van der Waals surface area contributed by atoms with Crippen LogP contribution in [0.1, 0.15) is 5.56 Å². The monoisotopic (exact) mass is 277 g/mol. The van der Waals surface area contributed by atoms with Crippen LogP contribution in [0.5, 0.6) is 5.75 Å². The fourth-order valence-corrected chi connectivity index (χ4v) is 2.99. The molecule has 0 saturated heterocycles. The van der Waals surface area contributed by atoms with Crippen LogP contribution in [-0.4, -0.2) is 20.6 Å². The summed E-state index contributed by atoms with van der Waals surface area (Å²) >= 11 is 0. The number of benzene rings is 2. The number of hydrogen-bond donors (Lipinski definition) is 1. The van der Waals surface area contributed by atoms with E-state index in [0.717, 1.165) is 9.87 Å². The highest BCUT2D eigenvalue weighted by Gasteiger charge is 2.24. The Bertz CT molecular complexity index is 678. The SMILES string of the molecule is Cc1ccc(N(C)S(=O)(=O)c2ccccc2O)cc1. The quantitative estimate of drug-likeness (QED) is 0.938. The number of rotatable bonds is 3. The minimum absolute atomic E-state index is 0.0990. The normalized spacial score (nSPS) is 11.3. The largest absolute Gasteiger partial charge is 0.507 e. The fraction of sp³-hybridized carbons (Fsp3) is 0.143. The van der Waals surface area contributed by atoms with Crippen LogP contribution in [-0.2, 0) is 10.0 Å². The van der Waals surface area contributed by atoms with E-state index in [1.165, 1.54) is 19.2 Å². The summed E-state index contributed by atoms with van der Waals surface area (Å²) in [4.78, 5) is -0.0990. The van der Waals surface area contributed by atoms with Gasteiger partial charge in [-0.05, 0) is 31.2 Å². The Labute approximate surface area is 113 Å². The molecule has 0 bridgehead atoms. The summed E-state index contributed by atoms with van der Waals surface area (Å²) in [6, 6.07) is 13.0. The van der Waals surface area contributed by atoms with Crippen molar-refractivity contribution in [1.29, 1.82) is 0 Å². The van der Waals surface area contributed by atoms with Crippen molar-refractivity contribution in [3.8, 4) is 5.75 Å². The van der Waals surface area contributed by atoms with Gasteiger partial charge in [0.25, 0.3) is 10.0 Å². The molecule has 0 aliphatic heterocycles. The molecule has 5 heteroatoms. The predicted molar refractivity (Wildman–Crippen MR) is 74.9 cm³/mol. The predicted octanol–water partition coefficient (Wildman–Crippen LogP) is 2.53. The zero-order valence-electron chi connectivity index (χ0n) is 10.7. The molecule has 0 saturated carbocycles. The lowest BCUT2D eigenvalue weighted by Crippen LogP contribution is -2.26. The highest BCUT2D eigenvalue weighted by atomic mass is 32.2. The second-order valence-corrected chi connectivity index (χ2v) is 6.21. The molecule has 1 N–H and O–H groups in total. The minimum Gasteiger partial charge on any atom is -0.507 e. The van der Waals surface area contributed by atoms with Crippen molar-refractivity contribution < 1.29 is 13.5 Å². The molecule has 2 aromatic carbocycles. The topological polar surface area (TPSA) is 57.6 Å². The summed E-state index contributed by atoms with van der Waals surface area (Å²) in [5.41, 5.74) is 1.60. The number of anilines is 1. The van der Waals surface area contributed by atoms with Crippen LogP contribution < -0.4 is 4.31 Å². The maximum Gasteiger partial charge on any atom is 0.267 e. The van der Waals surface area contributed by atoms with E-state index in [2.05, 4.69) is 0 Å². The van der Waals surface area contributed by atoms with E-state index in [1.54, 1.807) is 24.3 Å². The zero-order valence-corrected chi connectivity index (χ0v) is 11.6. The summed E-state index contributed by atoms with van der Waals surface area (Å²) in [6.45, 7) is 1.93. The van der Waals surface area contributed by atoms with Gasteiger partial charge in [-0.25, -0.2) is 8.42 Å². The zero-order chi connectivity index (χ0) is 14.0. The molecule has 2 aromatic rings. The second-order valence-electron chi connectivity index (χ2n) is 4.28. The second kappa shape index (κ2) is 4.93. The van der Waals surface area contributed by atoms with Crippen LogP contribution in [0.15, 0.2) is 53.4 Å². The number of hydrogen-bond acceptors (Lipinski definition) is 3. The Morgan fingerprint density at radius 2 is 1.58 bits per heavy atom. The van der Waals surface area contributed by atoms with Gasteiger partial charge in [0, 0.05) is 7.05 Å². The van der Waals surface area contributed by atoms with Gasteiger partial charge < -0.3 is 5.11 Å². The Hall–Kier alpha value is -2.01. The molecule has 0 fully saturated rings. The Morgan fingerprint density at radius 3 is 2.16 bits per heavy atom. The molecule has 0 aliphatic carbocycles. The van der Waals surface area contributed by atoms with Gasteiger partial charge in [0.15, 0.2) is 0 Å². The molecule has 100 valence electrons. The molecule has 0 unspecified atom stereocenters. The third-order valence-corrected chi connectivity index (χ3v) is 4.73. The standard InChI is InChI=1S/C14H15NO3S/c1-11-7-9-12(10-8-11)15(2)19(17,18)14-6-4-3-5-13(14)16/h3-10,16H,1-2H3. The van der Waals surface area contributed by atoms with Crippen LogP contribution in [0.3, 0.4) is 0 Å². The molecule has 0 spiro atoms. The fourth-order valence-electron chi connectivity index (χ4n) is 1.72. The molecule has 0 atom stereocenters. The van der Waals surface area contributed by atoms with Crippen LogP contribution in [0.25, 0.3) is 0 Å². The summed E-state index contributed by atoms with van der Waals surface area (Å²) in [7, 11) is -2.29. The number of para-hydroxylation sites is 1. The molecular formula is C14H15NO3S. The number of phenols is 1. The Kier molecular flexibility index (Phi) is 3.48. The van der Waals surface area contributed by atoms with Gasteiger partial charge in [-0.2, -0.15) is 0 Å². The lowest BCUT2D eigenvalue weighted by Gasteiger charge is -2.20. The van der Waals surface area contributed by atoms with E-state index in [4.69, 9.17) is 0 Å². The summed E-state index contributed by atoms with van der Waals surface area (Å²) in [6.07, 6.45) is 0. The third-order valence-electron chi connectivity index (χ3n) is 2.90. The number of aromatic hydroxyl groups is 1. The average Bonchev–Trinajstić information content (AvgIpc) is 2.39. The van der Waals surface area contributed by atoms with E-state index >= 15 is 0 Å². The lowest BCUT2D eigenvalue weighted by molar-refractivity contribution is 0.458. The molecule has 0 radical (unpaired) electrons. The smallest absolute Gasteiger partial charge is 0.267 e. The van der Waals surface area contributed by atoms with Crippen molar-refractivity contribution in [2.75, 3.05) is 11.4 Å². The molecule has 0 aliphatic rings. The molecule has 0 heterocycles. The molecule has 2 rings (SSSR count). The van der Waals surface area contributed by atoms with Crippen LogP contribution in [0, 0.1) is 6.92 Å². The van der Waals surface area contributed by atoms with E-state index in [9.17, 15) is 13.5 Å². The van der Waals surface area contributed by atoms with Gasteiger partial charge in [0.2, 0.25) is 0 Å². The van der Waals surface area contributed by atoms with Crippen molar-refractivity contribution in [2.24, 2.45) is 0 Å². The molecule has 0 amide bonds. The van der Waals surface area contributed by atoms with Crippen molar-refractivity contribution >= 4 is 15.7 Å². The van der Waals surface area contributed by atoms with Gasteiger partial charge >= 0.3 is 0 Å². The van der Waals surface area contributed by atoms with Crippen molar-refractivity contribution in [3.63, 3.8) is 0 Å². The van der Waals surface area contributed by atoms with Crippen molar-refractivity contribution in [1.82, 2.24) is 0 Å². The number of sulfonamides is 1. The third kappa shape index (κ3) is 2.56. The Morgan fingerprint density at radius 1 is 1.00 bits per heavy atom. The van der Waals surface area contributed by atoms with Crippen LogP contribution in [0.2, 0.25) is 0 Å². The maximum absolute atomic E-state index is 12.4. The maximum atomic E-state index is 12.4. The Balaban J connectivity index is 2.45. The molecule has 0 aromatic heterocycles. The first-order chi connectivity index (χ1) is 8.93. The van der Waals surface area contributed by atoms with E-state index in [0.29, 0.717) is 5.69 Å². The van der Waals surface area contributed by atoms with Gasteiger partial charge in [0.1, 0.15) is 10.6 Å². The molecule has 4 nitrogen and oxygen atoms in total. The lowest BCUT2D eigenvalue weighted by atomic mass is 10.2. The molecule has 19 heavy (non-hydrogen) atoms. The summed E-state index contributed by atoms with van der Waals surface area (Å²) in [5, 5.41) is 9.68. The first-order valence-electron chi connectivity index (χ1n) is 5.76. The van der Waals surface area contributed by atoms with E-state index < -0.39 is 10.0 Å². The van der Waals surface area contributed by atoms with E-state index in [-0.39, 0.29) is 10.6 Å². The van der Waals surface area contributed by atoms with Crippen LogP contribution >= 0.6 is 0 Å². The number of phenolic OH excluding ortho intramolecular Hbond substituents is 1. The highest BCUT2D eigenvalue weighted by Crippen LogP contribution is 2.27. The van der Waals surface area contributed by atoms with Gasteiger partial charge in [-0.3, -0.25) is 4.31 Å².